The molecule has 110 valence electrons. The largest absolute Gasteiger partial charge is 0.374 e. The Balaban J connectivity index is 1.92. The maximum atomic E-state index is 13.3. The van der Waals surface area contributed by atoms with E-state index < -0.39 is 0 Å². The summed E-state index contributed by atoms with van der Waals surface area (Å²) >= 11 is 0. The van der Waals surface area contributed by atoms with Gasteiger partial charge >= 0.3 is 0 Å². The fourth-order valence-electron chi connectivity index (χ4n) is 2.36. The average molecular weight is 280 g/mol. The van der Waals surface area contributed by atoms with Gasteiger partial charge in [-0.05, 0) is 30.2 Å². The average Bonchev–Trinajstić information content (AvgIpc) is 2.41. The SMILES string of the molecule is CC(=O)NC[C@@H]1CN(Cc2cc(F)ccc2C)CCO1. The number of amides is 1. The van der Waals surface area contributed by atoms with Crippen LogP contribution in [0.4, 0.5) is 4.39 Å². The Morgan fingerprint density at radius 2 is 2.35 bits per heavy atom. The molecule has 0 radical (unpaired) electrons. The van der Waals surface area contributed by atoms with Crippen molar-refractivity contribution in [3.8, 4) is 0 Å². The zero-order valence-corrected chi connectivity index (χ0v) is 12.0. The van der Waals surface area contributed by atoms with E-state index in [4.69, 9.17) is 4.74 Å². The van der Waals surface area contributed by atoms with Crippen molar-refractivity contribution in [2.75, 3.05) is 26.2 Å². The molecule has 1 atom stereocenters. The van der Waals surface area contributed by atoms with Crippen LogP contribution in [-0.4, -0.2) is 43.2 Å². The third-order valence-electron chi connectivity index (χ3n) is 3.51. The molecule has 0 aromatic heterocycles. The molecule has 0 aliphatic carbocycles. The Kier molecular flexibility index (Phi) is 5.09. The van der Waals surface area contributed by atoms with Gasteiger partial charge in [-0.15, -0.1) is 0 Å². The summed E-state index contributed by atoms with van der Waals surface area (Å²) in [5.41, 5.74) is 2.10. The van der Waals surface area contributed by atoms with Crippen molar-refractivity contribution in [2.24, 2.45) is 0 Å². The highest BCUT2D eigenvalue weighted by molar-refractivity contribution is 5.72. The van der Waals surface area contributed by atoms with Crippen LogP contribution in [0, 0.1) is 12.7 Å². The van der Waals surface area contributed by atoms with Crippen LogP contribution in [0.15, 0.2) is 18.2 Å². The highest BCUT2D eigenvalue weighted by atomic mass is 19.1. The normalized spacial score (nSPS) is 19.9. The molecular formula is C15H21FN2O2. The van der Waals surface area contributed by atoms with Crippen LogP contribution in [0.2, 0.25) is 0 Å². The van der Waals surface area contributed by atoms with Gasteiger partial charge in [0.25, 0.3) is 0 Å². The maximum Gasteiger partial charge on any atom is 0.216 e. The van der Waals surface area contributed by atoms with E-state index in [2.05, 4.69) is 10.2 Å². The number of benzene rings is 1. The van der Waals surface area contributed by atoms with E-state index in [9.17, 15) is 9.18 Å². The molecule has 1 aromatic carbocycles. The lowest BCUT2D eigenvalue weighted by atomic mass is 10.1. The van der Waals surface area contributed by atoms with Gasteiger partial charge in [0.05, 0.1) is 12.7 Å². The van der Waals surface area contributed by atoms with E-state index in [0.29, 0.717) is 19.7 Å². The number of halogens is 1. The fourth-order valence-corrected chi connectivity index (χ4v) is 2.36. The van der Waals surface area contributed by atoms with E-state index in [0.717, 1.165) is 24.2 Å². The number of hydrogen-bond donors (Lipinski definition) is 1. The minimum Gasteiger partial charge on any atom is -0.374 e. The summed E-state index contributed by atoms with van der Waals surface area (Å²) in [5, 5.41) is 2.77. The fraction of sp³-hybridized carbons (Fsp3) is 0.533. The molecule has 1 aromatic rings. The van der Waals surface area contributed by atoms with Crippen molar-refractivity contribution >= 4 is 5.91 Å². The molecule has 0 spiro atoms. The number of rotatable bonds is 4. The second kappa shape index (κ2) is 6.81. The molecule has 5 heteroatoms. The standard InChI is InChI=1S/C15H21FN2O2/c1-11-3-4-14(16)7-13(11)9-18-5-6-20-15(10-18)8-17-12(2)19/h3-4,7,15H,5-6,8-10H2,1-2H3,(H,17,19)/t15-/m1/s1. The molecular weight excluding hydrogens is 259 g/mol. The van der Waals surface area contributed by atoms with Gasteiger partial charge in [0.15, 0.2) is 0 Å². The first-order chi connectivity index (χ1) is 9.54. The van der Waals surface area contributed by atoms with E-state index >= 15 is 0 Å². The smallest absolute Gasteiger partial charge is 0.216 e. The lowest BCUT2D eigenvalue weighted by Gasteiger charge is -2.33. The van der Waals surface area contributed by atoms with Gasteiger partial charge in [-0.1, -0.05) is 6.07 Å². The number of nitrogens with one attached hydrogen (secondary N) is 1. The van der Waals surface area contributed by atoms with Gasteiger partial charge in [0.1, 0.15) is 5.82 Å². The van der Waals surface area contributed by atoms with Crippen LogP contribution in [-0.2, 0) is 16.1 Å². The number of carbonyl (C=O) groups is 1. The molecule has 0 unspecified atom stereocenters. The van der Waals surface area contributed by atoms with Gasteiger partial charge in [-0.25, -0.2) is 4.39 Å². The second-order valence-corrected chi connectivity index (χ2v) is 5.24. The lowest BCUT2D eigenvalue weighted by molar-refractivity contribution is -0.120. The second-order valence-electron chi connectivity index (χ2n) is 5.24. The Labute approximate surface area is 118 Å². The molecule has 2 rings (SSSR count). The molecule has 1 aliphatic rings. The van der Waals surface area contributed by atoms with Crippen LogP contribution in [0.1, 0.15) is 18.1 Å². The third-order valence-corrected chi connectivity index (χ3v) is 3.51. The van der Waals surface area contributed by atoms with Crippen molar-refractivity contribution in [3.63, 3.8) is 0 Å². The van der Waals surface area contributed by atoms with Crippen molar-refractivity contribution in [2.45, 2.75) is 26.5 Å². The Morgan fingerprint density at radius 1 is 1.55 bits per heavy atom. The third kappa shape index (κ3) is 4.28. The van der Waals surface area contributed by atoms with Gasteiger partial charge in [0.2, 0.25) is 5.91 Å². The summed E-state index contributed by atoms with van der Waals surface area (Å²) in [6.45, 7) is 6.93. The number of ether oxygens (including phenoxy) is 1. The van der Waals surface area contributed by atoms with Crippen LogP contribution >= 0.6 is 0 Å². The van der Waals surface area contributed by atoms with E-state index in [-0.39, 0.29) is 17.8 Å². The molecule has 1 aliphatic heterocycles. The van der Waals surface area contributed by atoms with Gasteiger partial charge in [0, 0.05) is 33.1 Å². The molecule has 0 saturated carbocycles. The Hall–Kier alpha value is -1.46. The first-order valence-electron chi connectivity index (χ1n) is 6.88. The molecule has 1 saturated heterocycles. The minimum atomic E-state index is -0.200. The van der Waals surface area contributed by atoms with Crippen molar-refractivity contribution in [1.82, 2.24) is 10.2 Å². The van der Waals surface area contributed by atoms with E-state index in [1.807, 2.05) is 6.92 Å². The molecule has 1 heterocycles. The Bertz CT molecular complexity index is 479. The Morgan fingerprint density at radius 3 is 3.10 bits per heavy atom. The van der Waals surface area contributed by atoms with Crippen molar-refractivity contribution in [1.29, 1.82) is 0 Å². The number of carbonyl (C=O) groups excluding carboxylic acids is 1. The zero-order valence-electron chi connectivity index (χ0n) is 12.0. The zero-order chi connectivity index (χ0) is 14.5. The predicted octanol–water partition coefficient (Wildman–Crippen LogP) is 1.47. The summed E-state index contributed by atoms with van der Waals surface area (Å²) in [6.07, 6.45) is 0.00140. The highest BCUT2D eigenvalue weighted by Crippen LogP contribution is 2.15. The highest BCUT2D eigenvalue weighted by Gasteiger charge is 2.21. The van der Waals surface area contributed by atoms with Gasteiger partial charge in [-0.2, -0.15) is 0 Å². The molecule has 1 amide bonds. The van der Waals surface area contributed by atoms with Crippen molar-refractivity contribution in [3.05, 3.63) is 35.1 Å². The monoisotopic (exact) mass is 280 g/mol. The van der Waals surface area contributed by atoms with Gasteiger partial charge in [-0.3, -0.25) is 9.69 Å². The summed E-state index contributed by atoms with van der Waals surface area (Å²) in [4.78, 5) is 13.2. The van der Waals surface area contributed by atoms with E-state index in [1.165, 1.54) is 13.0 Å². The number of hydrogen-bond acceptors (Lipinski definition) is 3. The van der Waals surface area contributed by atoms with Crippen LogP contribution in [0.5, 0.6) is 0 Å². The van der Waals surface area contributed by atoms with Crippen LogP contribution in [0.3, 0.4) is 0 Å². The summed E-state index contributed by atoms with van der Waals surface area (Å²) < 4.78 is 18.9. The summed E-state index contributed by atoms with van der Waals surface area (Å²) in [6, 6.07) is 4.88. The lowest BCUT2D eigenvalue weighted by Crippen LogP contribution is -2.46. The molecule has 4 nitrogen and oxygen atoms in total. The topological polar surface area (TPSA) is 41.6 Å². The minimum absolute atomic E-state index is 0.00140. The van der Waals surface area contributed by atoms with Crippen LogP contribution in [0.25, 0.3) is 0 Å². The van der Waals surface area contributed by atoms with Crippen LogP contribution < -0.4 is 5.32 Å². The first-order valence-corrected chi connectivity index (χ1v) is 6.88. The van der Waals surface area contributed by atoms with Gasteiger partial charge < -0.3 is 10.1 Å². The number of nitrogens with zero attached hydrogens (tertiary/aromatic N) is 1. The van der Waals surface area contributed by atoms with Crippen molar-refractivity contribution < 1.29 is 13.9 Å². The number of morpholine rings is 1. The molecule has 20 heavy (non-hydrogen) atoms. The summed E-state index contributed by atoms with van der Waals surface area (Å²) in [7, 11) is 0. The molecule has 1 fully saturated rings. The molecule has 0 bridgehead atoms. The quantitative estimate of drug-likeness (QED) is 0.908. The molecule has 1 N–H and O–H groups in total. The first kappa shape index (κ1) is 14.9. The predicted molar refractivity (Wildman–Crippen MR) is 74.8 cm³/mol. The van der Waals surface area contributed by atoms with E-state index in [1.54, 1.807) is 12.1 Å². The number of aryl methyl sites for hydroxylation is 1. The maximum absolute atomic E-state index is 13.3. The summed E-state index contributed by atoms with van der Waals surface area (Å²) in [5.74, 6) is -0.250.